The standard InChI is InChI=1S/C16H19NO3/c1-11(18)7-8-17(2)16(20)14-9-12-5-3-4-6-13(12)10-15(14)19/h3-6,9-11,18-19H,7-8H2,1-2H3. The van der Waals surface area contributed by atoms with Crippen molar-refractivity contribution in [1.82, 2.24) is 4.90 Å². The van der Waals surface area contributed by atoms with E-state index in [0.29, 0.717) is 13.0 Å². The van der Waals surface area contributed by atoms with Gasteiger partial charge in [-0.05, 0) is 36.2 Å². The van der Waals surface area contributed by atoms with Gasteiger partial charge in [0.05, 0.1) is 11.7 Å². The normalized spacial score (nSPS) is 12.3. The molecule has 4 heteroatoms. The Morgan fingerprint density at radius 2 is 1.85 bits per heavy atom. The average Bonchev–Trinajstić information content (AvgIpc) is 2.43. The van der Waals surface area contributed by atoms with Gasteiger partial charge < -0.3 is 15.1 Å². The number of hydrogen-bond acceptors (Lipinski definition) is 3. The Kier molecular flexibility index (Phi) is 4.25. The molecule has 0 aliphatic heterocycles. The fourth-order valence-electron chi connectivity index (χ4n) is 2.09. The first-order valence-corrected chi connectivity index (χ1v) is 6.64. The number of carbonyl (C=O) groups excluding carboxylic acids is 1. The van der Waals surface area contributed by atoms with Crippen LogP contribution in [0.4, 0.5) is 0 Å². The fraction of sp³-hybridized carbons (Fsp3) is 0.312. The number of phenols is 1. The molecular formula is C16H19NO3. The largest absolute Gasteiger partial charge is 0.507 e. The van der Waals surface area contributed by atoms with Gasteiger partial charge in [0.15, 0.2) is 0 Å². The maximum atomic E-state index is 12.3. The van der Waals surface area contributed by atoms with Gasteiger partial charge in [0.25, 0.3) is 5.91 Å². The van der Waals surface area contributed by atoms with Gasteiger partial charge >= 0.3 is 0 Å². The predicted octanol–water partition coefficient (Wildman–Crippen LogP) is 2.39. The zero-order valence-electron chi connectivity index (χ0n) is 11.7. The molecular weight excluding hydrogens is 254 g/mol. The summed E-state index contributed by atoms with van der Waals surface area (Å²) in [6.45, 7) is 2.13. The van der Waals surface area contributed by atoms with Crippen molar-refractivity contribution in [3.05, 3.63) is 42.0 Å². The van der Waals surface area contributed by atoms with Crippen LogP contribution in [-0.4, -0.2) is 40.7 Å². The van der Waals surface area contributed by atoms with E-state index in [2.05, 4.69) is 0 Å². The Morgan fingerprint density at radius 1 is 1.25 bits per heavy atom. The van der Waals surface area contributed by atoms with E-state index >= 15 is 0 Å². The maximum Gasteiger partial charge on any atom is 0.257 e. The van der Waals surface area contributed by atoms with Crippen molar-refractivity contribution in [1.29, 1.82) is 0 Å². The molecule has 20 heavy (non-hydrogen) atoms. The first-order valence-electron chi connectivity index (χ1n) is 6.64. The Bertz CT molecular complexity index is 622. The van der Waals surface area contributed by atoms with Crippen molar-refractivity contribution in [2.75, 3.05) is 13.6 Å². The van der Waals surface area contributed by atoms with Crippen LogP contribution in [0.25, 0.3) is 10.8 Å². The number of aliphatic hydroxyl groups excluding tert-OH is 1. The van der Waals surface area contributed by atoms with Crippen molar-refractivity contribution in [2.24, 2.45) is 0 Å². The molecule has 2 rings (SSSR count). The van der Waals surface area contributed by atoms with E-state index < -0.39 is 6.10 Å². The number of aromatic hydroxyl groups is 1. The van der Waals surface area contributed by atoms with Crippen LogP contribution in [0, 0.1) is 0 Å². The molecule has 1 unspecified atom stereocenters. The van der Waals surface area contributed by atoms with Gasteiger partial charge in [-0.3, -0.25) is 4.79 Å². The van der Waals surface area contributed by atoms with Crippen LogP contribution in [0.2, 0.25) is 0 Å². The summed E-state index contributed by atoms with van der Waals surface area (Å²) in [6, 6.07) is 10.9. The van der Waals surface area contributed by atoms with Gasteiger partial charge in [0.1, 0.15) is 5.75 Å². The van der Waals surface area contributed by atoms with Gasteiger partial charge in [-0.1, -0.05) is 24.3 Å². The lowest BCUT2D eigenvalue weighted by molar-refractivity contribution is 0.0766. The van der Waals surface area contributed by atoms with Crippen LogP contribution in [0.15, 0.2) is 36.4 Å². The molecule has 0 heterocycles. The third kappa shape index (κ3) is 3.08. The summed E-state index contributed by atoms with van der Waals surface area (Å²) in [6.07, 6.45) is 0.0618. The van der Waals surface area contributed by atoms with Gasteiger partial charge in [-0.15, -0.1) is 0 Å². The summed E-state index contributed by atoms with van der Waals surface area (Å²) in [5.74, 6) is -0.258. The minimum atomic E-state index is -0.449. The molecule has 0 radical (unpaired) electrons. The highest BCUT2D eigenvalue weighted by Gasteiger charge is 2.16. The van der Waals surface area contributed by atoms with Gasteiger partial charge in [0.2, 0.25) is 0 Å². The van der Waals surface area contributed by atoms with Crippen LogP contribution < -0.4 is 0 Å². The number of fused-ring (bicyclic) bond motifs is 1. The molecule has 0 spiro atoms. The van der Waals surface area contributed by atoms with Crippen LogP contribution in [0.3, 0.4) is 0 Å². The highest BCUT2D eigenvalue weighted by molar-refractivity contribution is 6.01. The van der Waals surface area contributed by atoms with Gasteiger partial charge in [0, 0.05) is 13.6 Å². The third-order valence-corrected chi connectivity index (χ3v) is 3.32. The second kappa shape index (κ2) is 5.92. The molecule has 106 valence electrons. The third-order valence-electron chi connectivity index (χ3n) is 3.32. The first-order chi connectivity index (χ1) is 9.49. The number of nitrogens with zero attached hydrogens (tertiary/aromatic N) is 1. The van der Waals surface area contributed by atoms with Gasteiger partial charge in [-0.25, -0.2) is 0 Å². The highest BCUT2D eigenvalue weighted by Crippen LogP contribution is 2.25. The highest BCUT2D eigenvalue weighted by atomic mass is 16.3. The lowest BCUT2D eigenvalue weighted by Crippen LogP contribution is -2.29. The number of carbonyl (C=O) groups is 1. The van der Waals surface area contributed by atoms with E-state index in [4.69, 9.17) is 0 Å². The summed E-state index contributed by atoms with van der Waals surface area (Å²) >= 11 is 0. The lowest BCUT2D eigenvalue weighted by Gasteiger charge is -2.19. The quantitative estimate of drug-likeness (QED) is 0.899. The number of benzene rings is 2. The number of phenolic OH excluding ortho intramolecular Hbond substituents is 1. The Hall–Kier alpha value is -2.07. The van der Waals surface area contributed by atoms with Crippen molar-refractivity contribution in [3.63, 3.8) is 0 Å². The zero-order chi connectivity index (χ0) is 14.7. The second-order valence-electron chi connectivity index (χ2n) is 5.08. The van der Waals surface area contributed by atoms with Crippen LogP contribution in [-0.2, 0) is 0 Å². The fourth-order valence-corrected chi connectivity index (χ4v) is 2.09. The molecule has 0 saturated carbocycles. The topological polar surface area (TPSA) is 60.8 Å². The first kappa shape index (κ1) is 14.3. The summed E-state index contributed by atoms with van der Waals surface area (Å²) < 4.78 is 0. The van der Waals surface area contributed by atoms with Crippen LogP contribution in [0.1, 0.15) is 23.7 Å². The maximum absolute atomic E-state index is 12.3. The summed E-state index contributed by atoms with van der Waals surface area (Å²) in [7, 11) is 1.67. The molecule has 0 aliphatic carbocycles. The van der Waals surface area contributed by atoms with Crippen LogP contribution >= 0.6 is 0 Å². The monoisotopic (exact) mass is 273 g/mol. The Labute approximate surface area is 118 Å². The van der Waals surface area contributed by atoms with Gasteiger partial charge in [-0.2, -0.15) is 0 Å². The lowest BCUT2D eigenvalue weighted by atomic mass is 10.0. The van der Waals surface area contributed by atoms with Crippen LogP contribution in [0.5, 0.6) is 5.75 Å². The van der Waals surface area contributed by atoms with E-state index in [-0.39, 0.29) is 17.2 Å². The number of hydrogen-bond donors (Lipinski definition) is 2. The summed E-state index contributed by atoms with van der Waals surface area (Å²) in [4.78, 5) is 13.8. The van der Waals surface area contributed by atoms with Crippen molar-refractivity contribution in [2.45, 2.75) is 19.4 Å². The molecule has 0 aromatic heterocycles. The molecule has 2 aromatic carbocycles. The molecule has 2 aromatic rings. The summed E-state index contributed by atoms with van der Waals surface area (Å²) in [5, 5.41) is 21.1. The minimum absolute atomic E-state index is 0.0161. The number of rotatable bonds is 4. The average molecular weight is 273 g/mol. The molecule has 0 aliphatic rings. The van der Waals surface area contributed by atoms with E-state index in [1.807, 2.05) is 24.3 Å². The van der Waals surface area contributed by atoms with Crippen molar-refractivity contribution >= 4 is 16.7 Å². The Balaban J connectivity index is 2.27. The molecule has 1 amide bonds. The predicted molar refractivity (Wildman–Crippen MR) is 78.9 cm³/mol. The van der Waals surface area contributed by atoms with Crippen molar-refractivity contribution < 1.29 is 15.0 Å². The second-order valence-corrected chi connectivity index (χ2v) is 5.08. The molecule has 0 bridgehead atoms. The molecule has 0 saturated heterocycles. The SMILES string of the molecule is CC(O)CCN(C)C(=O)c1cc2ccccc2cc1O. The summed E-state index contributed by atoms with van der Waals surface area (Å²) in [5.41, 5.74) is 0.289. The van der Waals surface area contributed by atoms with E-state index in [0.717, 1.165) is 10.8 Å². The van der Waals surface area contributed by atoms with E-state index in [9.17, 15) is 15.0 Å². The zero-order valence-corrected chi connectivity index (χ0v) is 11.7. The molecule has 2 N–H and O–H groups in total. The number of aliphatic hydroxyl groups is 1. The molecule has 0 fully saturated rings. The molecule has 1 atom stereocenters. The smallest absolute Gasteiger partial charge is 0.257 e. The Morgan fingerprint density at radius 3 is 2.45 bits per heavy atom. The van der Waals surface area contributed by atoms with E-state index in [1.165, 1.54) is 4.90 Å². The van der Waals surface area contributed by atoms with E-state index in [1.54, 1.807) is 26.1 Å². The molecule has 4 nitrogen and oxygen atoms in total. The minimum Gasteiger partial charge on any atom is -0.507 e. The number of amides is 1. The van der Waals surface area contributed by atoms with Crippen molar-refractivity contribution in [3.8, 4) is 5.75 Å².